The minimum Gasteiger partial charge on any atom is -0.481 e. The molecule has 1 aromatic rings. The molecule has 0 heterocycles. The van der Waals surface area contributed by atoms with Crippen LogP contribution in [0.5, 0.6) is 0 Å². The zero-order valence-electron chi connectivity index (χ0n) is 35.2. The Bertz CT molecular complexity index is 926. The highest BCUT2D eigenvalue weighted by Gasteiger charge is 2.26. The molecule has 0 fully saturated rings. The topological polar surface area (TPSA) is 77.8 Å². The molecule has 0 aliphatic rings. The standard InChI is InChI=1S/C47H85NO4/c1-7-11-15-19-27-39(28-20-16-12-8-2)31-23-25-33-44(46(49)50)42-35-41(38-48(5)6)36-43(37-42)45(47(51)52)34-26-24-32-40(29-21-17-13-9-3)30-22-18-14-10-4/h35-37,39-40,44-45H,7-34,38H2,1-6H3,(H,49,50)(H,51,52). The first-order valence-electron chi connectivity index (χ1n) is 22.4. The lowest BCUT2D eigenvalue weighted by Gasteiger charge is -2.21. The van der Waals surface area contributed by atoms with E-state index in [9.17, 15) is 19.8 Å². The molecule has 0 spiro atoms. The summed E-state index contributed by atoms with van der Waals surface area (Å²) in [5, 5.41) is 20.9. The van der Waals surface area contributed by atoms with Crippen LogP contribution in [0.2, 0.25) is 0 Å². The fraction of sp³-hybridized carbons (Fsp3) is 0.830. The van der Waals surface area contributed by atoms with E-state index in [1.807, 2.05) is 32.3 Å². The summed E-state index contributed by atoms with van der Waals surface area (Å²) in [5.41, 5.74) is 2.57. The van der Waals surface area contributed by atoms with Crippen molar-refractivity contribution >= 4 is 11.9 Å². The van der Waals surface area contributed by atoms with Gasteiger partial charge in [0.2, 0.25) is 0 Å². The second-order valence-electron chi connectivity index (χ2n) is 16.7. The van der Waals surface area contributed by atoms with Gasteiger partial charge in [-0.25, -0.2) is 0 Å². The van der Waals surface area contributed by atoms with E-state index in [1.165, 1.54) is 141 Å². The molecule has 0 saturated heterocycles. The smallest absolute Gasteiger partial charge is 0.310 e. The van der Waals surface area contributed by atoms with Crippen LogP contribution >= 0.6 is 0 Å². The molecule has 0 bridgehead atoms. The van der Waals surface area contributed by atoms with Crippen molar-refractivity contribution in [2.45, 2.75) is 226 Å². The number of carboxylic acids is 2. The lowest BCUT2D eigenvalue weighted by Crippen LogP contribution is -2.17. The number of nitrogens with zero attached hydrogens (tertiary/aromatic N) is 1. The number of rotatable bonds is 36. The summed E-state index contributed by atoms with van der Waals surface area (Å²) in [6, 6.07) is 6.01. The third-order valence-corrected chi connectivity index (χ3v) is 11.5. The molecule has 2 N–H and O–H groups in total. The number of hydrogen-bond acceptors (Lipinski definition) is 3. The van der Waals surface area contributed by atoms with Crippen molar-refractivity contribution in [3.05, 3.63) is 34.9 Å². The molecule has 0 aromatic heterocycles. The summed E-state index contributed by atoms with van der Waals surface area (Å²) in [5.74, 6) is -1.30. The van der Waals surface area contributed by atoms with Crippen LogP contribution in [-0.2, 0) is 16.1 Å². The average molecular weight is 728 g/mol. The molecule has 5 nitrogen and oxygen atoms in total. The van der Waals surface area contributed by atoms with E-state index in [0.717, 1.165) is 54.2 Å². The maximum absolute atomic E-state index is 12.8. The maximum atomic E-state index is 12.8. The largest absolute Gasteiger partial charge is 0.481 e. The highest BCUT2D eigenvalue weighted by atomic mass is 16.4. The van der Waals surface area contributed by atoms with Gasteiger partial charge in [0.1, 0.15) is 0 Å². The maximum Gasteiger partial charge on any atom is 0.310 e. The molecular formula is C47H85NO4. The van der Waals surface area contributed by atoms with Crippen LogP contribution in [-0.4, -0.2) is 41.1 Å². The number of hydrogen-bond donors (Lipinski definition) is 2. The molecule has 0 aliphatic heterocycles. The van der Waals surface area contributed by atoms with Gasteiger partial charge in [0.05, 0.1) is 11.8 Å². The molecule has 0 radical (unpaired) electrons. The lowest BCUT2D eigenvalue weighted by molar-refractivity contribution is -0.139. The van der Waals surface area contributed by atoms with Gasteiger partial charge in [0.15, 0.2) is 0 Å². The van der Waals surface area contributed by atoms with Crippen molar-refractivity contribution < 1.29 is 19.8 Å². The number of unbranched alkanes of at least 4 members (excludes halogenated alkanes) is 14. The zero-order valence-corrected chi connectivity index (χ0v) is 35.2. The summed E-state index contributed by atoms with van der Waals surface area (Å²) >= 11 is 0. The summed E-state index contributed by atoms with van der Waals surface area (Å²) in [7, 11) is 4.02. The monoisotopic (exact) mass is 728 g/mol. The second-order valence-corrected chi connectivity index (χ2v) is 16.7. The van der Waals surface area contributed by atoms with Crippen molar-refractivity contribution in [2.75, 3.05) is 14.1 Å². The fourth-order valence-electron chi connectivity index (χ4n) is 8.34. The van der Waals surface area contributed by atoms with Gasteiger partial charge in [-0.05, 0) is 55.5 Å². The van der Waals surface area contributed by atoms with Crippen molar-refractivity contribution in [1.29, 1.82) is 0 Å². The highest BCUT2D eigenvalue weighted by Crippen LogP contribution is 2.33. The minimum absolute atomic E-state index is 0.605. The van der Waals surface area contributed by atoms with Crippen LogP contribution in [0.1, 0.15) is 236 Å². The average Bonchev–Trinajstić information content (AvgIpc) is 3.10. The van der Waals surface area contributed by atoms with Crippen LogP contribution in [0.25, 0.3) is 0 Å². The van der Waals surface area contributed by atoms with Crippen molar-refractivity contribution in [3.63, 3.8) is 0 Å². The van der Waals surface area contributed by atoms with E-state index < -0.39 is 23.8 Å². The molecule has 0 saturated carbocycles. The first-order valence-corrected chi connectivity index (χ1v) is 22.4. The first kappa shape index (κ1) is 48.1. The van der Waals surface area contributed by atoms with Gasteiger partial charge in [-0.3, -0.25) is 9.59 Å². The Hall–Kier alpha value is -1.88. The Balaban J connectivity index is 3.00. The molecule has 52 heavy (non-hydrogen) atoms. The fourth-order valence-corrected chi connectivity index (χ4v) is 8.34. The summed E-state index contributed by atoms with van der Waals surface area (Å²) < 4.78 is 0. The van der Waals surface area contributed by atoms with Gasteiger partial charge in [-0.2, -0.15) is 0 Å². The molecule has 1 rings (SSSR count). The third-order valence-electron chi connectivity index (χ3n) is 11.5. The molecule has 0 aliphatic carbocycles. The van der Waals surface area contributed by atoms with Crippen LogP contribution in [0.15, 0.2) is 18.2 Å². The molecule has 1 aromatic carbocycles. The number of carbonyl (C=O) groups is 2. The van der Waals surface area contributed by atoms with Crippen molar-refractivity contribution in [2.24, 2.45) is 11.8 Å². The van der Waals surface area contributed by atoms with E-state index >= 15 is 0 Å². The van der Waals surface area contributed by atoms with Crippen LogP contribution in [0.4, 0.5) is 0 Å². The van der Waals surface area contributed by atoms with Crippen LogP contribution in [0, 0.1) is 11.8 Å². The van der Waals surface area contributed by atoms with Gasteiger partial charge in [0.25, 0.3) is 0 Å². The highest BCUT2D eigenvalue weighted by molar-refractivity contribution is 5.78. The minimum atomic E-state index is -0.792. The molecule has 5 heteroatoms. The molecule has 0 amide bonds. The summed E-state index contributed by atoms with van der Waals surface area (Å²) in [4.78, 5) is 27.6. The predicted molar refractivity (Wildman–Crippen MR) is 224 cm³/mol. The Morgan fingerprint density at radius 3 is 1.02 bits per heavy atom. The van der Waals surface area contributed by atoms with Gasteiger partial charge in [-0.15, -0.1) is 0 Å². The summed E-state index contributed by atoms with van der Waals surface area (Å²) in [6.07, 6.45) is 33.6. The molecule has 2 atom stereocenters. The van der Waals surface area contributed by atoms with E-state index in [2.05, 4.69) is 32.6 Å². The number of carboxylic acid groups (broad SMARTS) is 2. The van der Waals surface area contributed by atoms with Gasteiger partial charge in [-0.1, -0.05) is 213 Å². The van der Waals surface area contributed by atoms with Gasteiger partial charge in [0, 0.05) is 6.54 Å². The summed E-state index contributed by atoms with van der Waals surface area (Å²) in [6.45, 7) is 9.74. The predicted octanol–water partition coefficient (Wildman–Crippen LogP) is 14.3. The van der Waals surface area contributed by atoms with E-state index in [1.54, 1.807) is 0 Å². The number of aliphatic carboxylic acids is 2. The van der Waals surface area contributed by atoms with Crippen LogP contribution < -0.4 is 0 Å². The van der Waals surface area contributed by atoms with Crippen molar-refractivity contribution in [3.8, 4) is 0 Å². The lowest BCUT2D eigenvalue weighted by atomic mass is 9.84. The Labute approximate surface area is 322 Å². The molecule has 302 valence electrons. The Kier molecular flexibility index (Phi) is 29.1. The quantitative estimate of drug-likeness (QED) is 0.0673. The first-order chi connectivity index (χ1) is 25.2. The van der Waals surface area contributed by atoms with E-state index in [4.69, 9.17) is 0 Å². The normalized spacial score (nSPS) is 13.0. The Morgan fingerprint density at radius 1 is 0.462 bits per heavy atom. The van der Waals surface area contributed by atoms with E-state index in [-0.39, 0.29) is 0 Å². The molecule has 2 unspecified atom stereocenters. The zero-order chi connectivity index (χ0) is 38.4. The SMILES string of the molecule is CCCCCCC(CCCCCC)CCCCC(C(=O)O)c1cc(CN(C)C)cc(C(CCCCC(CCCCCC)CCCCCC)C(=O)O)c1. The van der Waals surface area contributed by atoms with Crippen LogP contribution in [0.3, 0.4) is 0 Å². The van der Waals surface area contributed by atoms with Gasteiger partial charge < -0.3 is 15.1 Å². The van der Waals surface area contributed by atoms with E-state index in [0.29, 0.717) is 19.4 Å². The second kappa shape index (κ2) is 31.5. The number of benzene rings is 1. The van der Waals surface area contributed by atoms with Crippen molar-refractivity contribution in [1.82, 2.24) is 4.90 Å². The molecular weight excluding hydrogens is 643 g/mol. The third kappa shape index (κ3) is 23.0. The van der Waals surface area contributed by atoms with Gasteiger partial charge >= 0.3 is 11.9 Å². The Morgan fingerprint density at radius 2 is 0.750 bits per heavy atom.